The van der Waals surface area contributed by atoms with E-state index in [1.807, 2.05) is 30.3 Å². The van der Waals surface area contributed by atoms with Crippen molar-refractivity contribution in [2.75, 3.05) is 13.2 Å². The first-order valence-corrected chi connectivity index (χ1v) is 12.4. The normalized spacial score (nSPS) is 18.3. The molecular weight excluding hydrogens is 448 g/mol. The Balaban J connectivity index is 1.41. The van der Waals surface area contributed by atoms with Gasteiger partial charge >= 0.3 is 0 Å². The zero-order valence-electron chi connectivity index (χ0n) is 17.9. The van der Waals surface area contributed by atoms with Crippen LogP contribution in [0.5, 0.6) is 5.75 Å². The Morgan fingerprint density at radius 2 is 2.12 bits per heavy atom. The second kappa shape index (κ2) is 9.62. The average molecular weight is 475 g/mol. The van der Waals surface area contributed by atoms with Crippen LogP contribution < -0.4 is 15.2 Å². The maximum Gasteiger partial charge on any atom is 0.259 e. The molecule has 3 N–H and O–H groups in total. The van der Waals surface area contributed by atoms with E-state index in [2.05, 4.69) is 21.8 Å². The van der Waals surface area contributed by atoms with Crippen molar-refractivity contribution in [2.24, 2.45) is 12.8 Å². The summed E-state index contributed by atoms with van der Waals surface area (Å²) in [6.07, 6.45) is 5.58. The standard InChI is InChI=1S/C23H27ClN4O3S/c1-28-14-23(26-15-28)32(29,30)27-9-10-31-19-7-5-17-6-8-22(25)21(20(17)13-19)12-16-3-2-4-18(24)11-16/h2-5,7,11,13-15,21-22,27H,6,8-10,12,25H2,1H3/t21-,22+/m1/s1. The topological polar surface area (TPSA) is 99.2 Å². The number of halogens is 1. The van der Waals surface area contributed by atoms with Crippen LogP contribution in [0.25, 0.3) is 0 Å². The van der Waals surface area contributed by atoms with Crippen LogP contribution in [0, 0.1) is 0 Å². The van der Waals surface area contributed by atoms with Gasteiger partial charge in [0.05, 0.1) is 6.33 Å². The molecule has 0 saturated carbocycles. The van der Waals surface area contributed by atoms with Crippen LogP contribution in [-0.2, 0) is 29.9 Å². The van der Waals surface area contributed by atoms with Crippen LogP contribution in [0.15, 0.2) is 60.0 Å². The number of ether oxygens (including phenoxy) is 1. The van der Waals surface area contributed by atoms with Gasteiger partial charge in [-0.3, -0.25) is 0 Å². The van der Waals surface area contributed by atoms with Gasteiger partial charge in [0.2, 0.25) is 0 Å². The van der Waals surface area contributed by atoms with Crippen LogP contribution >= 0.6 is 11.6 Å². The average Bonchev–Trinajstić information content (AvgIpc) is 3.21. The lowest BCUT2D eigenvalue weighted by Crippen LogP contribution is -2.34. The number of rotatable bonds is 8. The number of aryl methyl sites for hydroxylation is 2. The van der Waals surface area contributed by atoms with Crippen LogP contribution in [-0.4, -0.2) is 37.2 Å². The number of sulfonamides is 1. The van der Waals surface area contributed by atoms with E-state index in [1.165, 1.54) is 23.7 Å². The number of hydrogen-bond acceptors (Lipinski definition) is 5. The smallest absolute Gasteiger partial charge is 0.259 e. The molecule has 170 valence electrons. The quantitative estimate of drug-likeness (QED) is 0.489. The van der Waals surface area contributed by atoms with E-state index in [1.54, 1.807) is 11.6 Å². The summed E-state index contributed by atoms with van der Waals surface area (Å²) in [5.41, 5.74) is 10.1. The molecule has 0 bridgehead atoms. The summed E-state index contributed by atoms with van der Waals surface area (Å²) < 4.78 is 34.5. The van der Waals surface area contributed by atoms with Gasteiger partial charge in [-0.2, -0.15) is 0 Å². The molecule has 1 aliphatic carbocycles. The zero-order valence-corrected chi connectivity index (χ0v) is 19.4. The van der Waals surface area contributed by atoms with Crippen molar-refractivity contribution in [3.8, 4) is 5.75 Å². The van der Waals surface area contributed by atoms with E-state index < -0.39 is 10.0 Å². The molecule has 9 heteroatoms. The highest BCUT2D eigenvalue weighted by Crippen LogP contribution is 2.36. The molecule has 0 saturated heterocycles. The first-order chi connectivity index (χ1) is 15.3. The van der Waals surface area contributed by atoms with Gasteiger partial charge < -0.3 is 15.0 Å². The third kappa shape index (κ3) is 5.32. The van der Waals surface area contributed by atoms with Crippen molar-refractivity contribution >= 4 is 21.6 Å². The van der Waals surface area contributed by atoms with Crippen molar-refractivity contribution in [2.45, 2.75) is 36.2 Å². The number of nitrogens with zero attached hydrogens (tertiary/aromatic N) is 2. The number of fused-ring (bicyclic) bond motifs is 1. The van der Waals surface area contributed by atoms with Crippen LogP contribution in [0.2, 0.25) is 5.02 Å². The first-order valence-electron chi connectivity index (χ1n) is 10.5. The van der Waals surface area contributed by atoms with E-state index in [-0.39, 0.29) is 30.1 Å². The summed E-state index contributed by atoms with van der Waals surface area (Å²) in [5.74, 6) is 0.870. The van der Waals surface area contributed by atoms with Crippen LogP contribution in [0.3, 0.4) is 0 Å². The summed E-state index contributed by atoms with van der Waals surface area (Å²) in [6, 6.07) is 14.0. The Hall–Kier alpha value is -2.39. The number of nitrogens with two attached hydrogens (primary N) is 1. The lowest BCUT2D eigenvalue weighted by atomic mass is 9.76. The molecule has 2 aromatic carbocycles. The summed E-state index contributed by atoms with van der Waals surface area (Å²) in [7, 11) is -1.93. The Labute approximate surface area is 193 Å². The van der Waals surface area contributed by atoms with Gasteiger partial charge in [-0.05, 0) is 60.2 Å². The maximum atomic E-state index is 12.3. The third-order valence-corrected chi connectivity index (χ3v) is 7.33. The molecule has 7 nitrogen and oxygen atoms in total. The highest BCUT2D eigenvalue weighted by atomic mass is 35.5. The molecule has 0 radical (unpaired) electrons. The van der Waals surface area contributed by atoms with Gasteiger partial charge in [0.25, 0.3) is 10.0 Å². The first kappa shape index (κ1) is 22.8. The summed E-state index contributed by atoms with van der Waals surface area (Å²) in [4.78, 5) is 3.88. The van der Waals surface area contributed by atoms with Gasteiger partial charge in [-0.25, -0.2) is 18.1 Å². The number of hydrogen-bond donors (Lipinski definition) is 2. The Morgan fingerprint density at radius 1 is 1.28 bits per heavy atom. The zero-order chi connectivity index (χ0) is 22.7. The minimum Gasteiger partial charge on any atom is -0.492 e. The minimum atomic E-state index is -3.65. The Morgan fingerprint density at radius 3 is 2.88 bits per heavy atom. The second-order valence-electron chi connectivity index (χ2n) is 8.13. The monoisotopic (exact) mass is 474 g/mol. The number of imidazole rings is 1. The molecule has 32 heavy (non-hydrogen) atoms. The van der Waals surface area contributed by atoms with Crippen molar-refractivity contribution in [3.05, 3.63) is 76.7 Å². The molecular formula is C23H27ClN4O3S. The van der Waals surface area contributed by atoms with Gasteiger partial charge in [0.15, 0.2) is 5.03 Å². The molecule has 0 unspecified atom stereocenters. The molecule has 2 atom stereocenters. The van der Waals surface area contributed by atoms with E-state index in [0.29, 0.717) is 5.75 Å². The minimum absolute atomic E-state index is 0.00775. The summed E-state index contributed by atoms with van der Waals surface area (Å²) in [6.45, 7) is 0.345. The fourth-order valence-corrected chi connectivity index (χ4v) is 5.32. The van der Waals surface area contributed by atoms with Crippen molar-refractivity contribution < 1.29 is 13.2 Å². The molecule has 0 amide bonds. The van der Waals surface area contributed by atoms with Crippen molar-refractivity contribution in [3.63, 3.8) is 0 Å². The van der Waals surface area contributed by atoms with E-state index in [0.717, 1.165) is 29.8 Å². The highest BCUT2D eigenvalue weighted by molar-refractivity contribution is 7.89. The molecule has 0 spiro atoms. The fraction of sp³-hybridized carbons (Fsp3) is 0.348. The number of aromatic nitrogens is 2. The Bertz CT molecular complexity index is 1200. The highest BCUT2D eigenvalue weighted by Gasteiger charge is 2.27. The lowest BCUT2D eigenvalue weighted by molar-refractivity contribution is 0.321. The predicted molar refractivity (Wildman–Crippen MR) is 125 cm³/mol. The lowest BCUT2D eigenvalue weighted by Gasteiger charge is -2.32. The molecule has 1 aromatic heterocycles. The van der Waals surface area contributed by atoms with E-state index >= 15 is 0 Å². The van der Waals surface area contributed by atoms with Gasteiger partial charge in [0, 0.05) is 36.8 Å². The van der Waals surface area contributed by atoms with Gasteiger partial charge in [-0.1, -0.05) is 29.8 Å². The SMILES string of the molecule is Cn1cnc(S(=O)(=O)NCCOc2ccc3c(c2)[C@@H](Cc2cccc(Cl)c2)[C@@H](N)CC3)c1. The second-order valence-corrected chi connectivity index (χ2v) is 10.3. The van der Waals surface area contributed by atoms with Crippen LogP contribution in [0.4, 0.5) is 0 Å². The van der Waals surface area contributed by atoms with Gasteiger partial charge in [-0.15, -0.1) is 0 Å². The predicted octanol–water partition coefficient (Wildman–Crippen LogP) is 3.03. The maximum absolute atomic E-state index is 12.3. The number of nitrogens with one attached hydrogen (secondary N) is 1. The Kier molecular flexibility index (Phi) is 6.85. The molecule has 0 aliphatic heterocycles. The van der Waals surface area contributed by atoms with E-state index in [4.69, 9.17) is 22.1 Å². The molecule has 4 rings (SSSR count). The molecule has 3 aromatic rings. The number of benzene rings is 2. The largest absolute Gasteiger partial charge is 0.492 e. The third-order valence-electron chi connectivity index (χ3n) is 5.74. The molecule has 0 fully saturated rings. The summed E-state index contributed by atoms with van der Waals surface area (Å²) >= 11 is 6.16. The molecule has 1 heterocycles. The van der Waals surface area contributed by atoms with Gasteiger partial charge in [0.1, 0.15) is 12.4 Å². The fourth-order valence-electron chi connectivity index (χ4n) is 4.12. The van der Waals surface area contributed by atoms with Crippen LogP contribution in [0.1, 0.15) is 29.0 Å². The van der Waals surface area contributed by atoms with Crippen molar-refractivity contribution in [1.29, 1.82) is 0 Å². The van der Waals surface area contributed by atoms with Crippen molar-refractivity contribution in [1.82, 2.24) is 14.3 Å². The molecule has 1 aliphatic rings. The van der Waals surface area contributed by atoms with E-state index in [9.17, 15) is 8.42 Å². The summed E-state index contributed by atoms with van der Waals surface area (Å²) in [5, 5.41) is 0.712.